The topological polar surface area (TPSA) is 224 Å². The van der Waals surface area contributed by atoms with Gasteiger partial charge in [-0.3, -0.25) is 4.55 Å². The number of aromatic hydroxyl groups is 4. The molecule has 0 bridgehead atoms. The Bertz CT molecular complexity index is 876. The zero-order valence-electron chi connectivity index (χ0n) is 12.8. The van der Waals surface area contributed by atoms with Crippen molar-refractivity contribution in [3.8, 4) is 23.0 Å². The van der Waals surface area contributed by atoms with Crippen LogP contribution in [0.2, 0.25) is 0 Å². The molecule has 0 radical (unpaired) electrons. The van der Waals surface area contributed by atoms with Crippen molar-refractivity contribution in [1.29, 1.82) is 0 Å². The summed E-state index contributed by atoms with van der Waals surface area (Å²) in [6.45, 7) is 0. The minimum atomic E-state index is -4.72. The summed E-state index contributed by atoms with van der Waals surface area (Å²) in [7, 11) is -9.18. The van der Waals surface area contributed by atoms with E-state index in [0.717, 1.165) is 30.3 Å². The Hall–Kier alpha value is -1.32. The third-order valence-electron chi connectivity index (χ3n) is 2.43. The van der Waals surface area contributed by atoms with Crippen molar-refractivity contribution in [2.75, 3.05) is 0 Å². The normalized spacial score (nSPS) is 10.5. The first-order chi connectivity index (χ1) is 10.8. The van der Waals surface area contributed by atoms with Crippen molar-refractivity contribution in [2.45, 2.75) is 9.79 Å². The van der Waals surface area contributed by atoms with Crippen LogP contribution in [-0.2, 0) is 20.2 Å². The smallest absolute Gasteiger partial charge is 0.744 e. The van der Waals surface area contributed by atoms with E-state index in [4.69, 9.17) is 25.0 Å². The molecule has 0 saturated carbocycles. The summed E-state index contributed by atoms with van der Waals surface area (Å²) in [5.74, 6) is -2.00. The first-order valence-electron chi connectivity index (χ1n) is 5.79. The van der Waals surface area contributed by atoms with Gasteiger partial charge in [0.2, 0.25) is 0 Å². The van der Waals surface area contributed by atoms with Crippen molar-refractivity contribution < 1.29 is 51.8 Å². The maximum absolute atomic E-state index is 10.5. The van der Waals surface area contributed by atoms with E-state index in [0.29, 0.717) is 6.07 Å². The Labute approximate surface area is 178 Å². The van der Waals surface area contributed by atoms with E-state index in [1.165, 1.54) is 0 Å². The van der Waals surface area contributed by atoms with Crippen LogP contribution in [0.15, 0.2) is 46.2 Å². The molecule has 26 heavy (non-hydrogen) atoms. The van der Waals surface area contributed by atoms with Gasteiger partial charge in [0.1, 0.15) is 38.0 Å². The van der Waals surface area contributed by atoms with Crippen LogP contribution in [0.25, 0.3) is 0 Å². The van der Waals surface area contributed by atoms with Crippen molar-refractivity contribution in [2.24, 2.45) is 0 Å². The molecule has 2 aromatic rings. The second-order valence-electron chi connectivity index (χ2n) is 4.23. The summed E-state index contributed by atoms with van der Waals surface area (Å²) in [5, 5.41) is 35.4. The summed E-state index contributed by atoms with van der Waals surface area (Å²) in [6, 6.07) is 5.52. The van der Waals surface area contributed by atoms with E-state index in [9.17, 15) is 21.4 Å². The zero-order chi connectivity index (χ0) is 18.7. The molecule has 0 aliphatic rings. The van der Waals surface area contributed by atoms with Crippen LogP contribution < -0.4 is 0 Å². The van der Waals surface area contributed by atoms with E-state index >= 15 is 0 Å². The van der Waals surface area contributed by atoms with Crippen LogP contribution in [0.4, 0.5) is 0 Å². The SMILES string of the molecule is O.O=S(=O)(O)c1cc(O)ccc1O.O=S(=O)([O-])c1cc(O)ccc1O.[Ca+2]. The monoisotopic (exact) mass is 437 g/mol. The molecule has 0 saturated heterocycles. The average molecular weight is 437 g/mol. The van der Waals surface area contributed by atoms with Gasteiger partial charge in [0, 0.05) is 12.1 Å². The van der Waals surface area contributed by atoms with Crippen LogP contribution in [0.5, 0.6) is 23.0 Å². The number of hydrogen-bond acceptors (Lipinski definition) is 9. The Morgan fingerprint density at radius 1 is 0.731 bits per heavy atom. The fourth-order valence-corrected chi connectivity index (χ4v) is 2.60. The predicted octanol–water partition coefficient (Wildman–Crippen LogP) is -0.859. The van der Waals surface area contributed by atoms with E-state index in [2.05, 4.69) is 0 Å². The van der Waals surface area contributed by atoms with Crippen molar-refractivity contribution in [1.82, 2.24) is 0 Å². The van der Waals surface area contributed by atoms with Crippen LogP contribution in [-0.4, -0.2) is 89.6 Å². The predicted molar refractivity (Wildman–Crippen MR) is 86.7 cm³/mol. The Morgan fingerprint density at radius 3 is 1.35 bits per heavy atom. The Morgan fingerprint density at radius 2 is 1.08 bits per heavy atom. The second-order valence-corrected chi connectivity index (χ2v) is 6.97. The van der Waals surface area contributed by atoms with E-state index in [1.807, 2.05) is 0 Å². The van der Waals surface area contributed by atoms with Crippen molar-refractivity contribution in [3.05, 3.63) is 36.4 Å². The molecular weight excluding hydrogens is 424 g/mol. The molecule has 0 amide bonds. The van der Waals surface area contributed by atoms with Gasteiger partial charge in [0.15, 0.2) is 0 Å². The standard InChI is InChI=1S/2C6H6O5S.Ca.H2O/c2*7-4-1-2-5(8)6(3-4)12(9,10)11;;/h2*1-3,7-8H,(H,9,10,11);;1H2/q;;+2;/p-1. The molecule has 0 spiro atoms. The first kappa shape index (κ1) is 26.9. The third kappa shape index (κ3) is 7.92. The maximum atomic E-state index is 10.5. The number of benzene rings is 2. The molecule has 0 aliphatic heterocycles. The summed E-state index contributed by atoms with van der Waals surface area (Å²) >= 11 is 0. The largest absolute Gasteiger partial charge is 2.00 e. The molecular formula is C12H13CaO11S2+. The molecule has 0 unspecified atom stereocenters. The summed E-state index contributed by atoms with van der Waals surface area (Å²) in [6.07, 6.45) is 0. The molecule has 14 heteroatoms. The van der Waals surface area contributed by atoms with Gasteiger partial charge in [0.05, 0.1) is 4.90 Å². The van der Waals surface area contributed by atoms with Gasteiger partial charge < -0.3 is 30.5 Å². The van der Waals surface area contributed by atoms with E-state index in [-0.39, 0.29) is 54.7 Å². The molecule has 2 aromatic carbocycles. The van der Waals surface area contributed by atoms with Crippen molar-refractivity contribution >= 4 is 58.0 Å². The van der Waals surface area contributed by atoms with E-state index < -0.39 is 41.5 Å². The fourth-order valence-electron chi connectivity index (χ4n) is 1.41. The molecule has 0 aliphatic carbocycles. The number of rotatable bonds is 2. The fraction of sp³-hybridized carbons (Fsp3) is 0. The van der Waals surface area contributed by atoms with Gasteiger partial charge in [0.25, 0.3) is 10.1 Å². The molecule has 11 nitrogen and oxygen atoms in total. The molecule has 0 aromatic heterocycles. The van der Waals surface area contributed by atoms with Gasteiger partial charge in [-0.25, -0.2) is 8.42 Å². The first-order valence-corrected chi connectivity index (χ1v) is 8.64. The van der Waals surface area contributed by atoms with E-state index in [1.54, 1.807) is 0 Å². The van der Waals surface area contributed by atoms with Gasteiger partial charge in [-0.1, -0.05) is 0 Å². The molecule has 0 heterocycles. The van der Waals surface area contributed by atoms with Gasteiger partial charge >= 0.3 is 37.7 Å². The minimum Gasteiger partial charge on any atom is -0.744 e. The van der Waals surface area contributed by atoms with Crippen LogP contribution in [0.3, 0.4) is 0 Å². The average Bonchev–Trinajstić information content (AvgIpc) is 2.42. The molecule has 0 fully saturated rings. The summed E-state index contributed by atoms with van der Waals surface area (Å²) < 4.78 is 60.6. The zero-order valence-corrected chi connectivity index (χ0v) is 16.6. The number of phenolic OH excluding ortho intramolecular Hbond substituents is 4. The number of phenols is 4. The van der Waals surface area contributed by atoms with Crippen LogP contribution >= 0.6 is 0 Å². The maximum Gasteiger partial charge on any atom is 2.00 e. The van der Waals surface area contributed by atoms with Gasteiger partial charge in [-0.2, -0.15) is 8.42 Å². The summed E-state index contributed by atoms with van der Waals surface area (Å²) in [5.41, 5.74) is 0. The molecule has 0 atom stereocenters. The van der Waals surface area contributed by atoms with Gasteiger partial charge in [-0.15, -0.1) is 0 Å². The van der Waals surface area contributed by atoms with Crippen LogP contribution in [0, 0.1) is 0 Å². The van der Waals surface area contributed by atoms with Crippen molar-refractivity contribution in [3.63, 3.8) is 0 Å². The molecule has 7 N–H and O–H groups in total. The van der Waals surface area contributed by atoms with Gasteiger partial charge in [-0.05, 0) is 24.3 Å². The Balaban J connectivity index is 0. The molecule has 140 valence electrons. The quantitative estimate of drug-likeness (QED) is 0.222. The molecule has 2 rings (SSSR count). The number of hydrogen-bond donors (Lipinski definition) is 5. The minimum absolute atomic E-state index is 0. The third-order valence-corrected chi connectivity index (χ3v) is 4.18. The Kier molecular flexibility index (Phi) is 10.5. The second kappa shape index (κ2) is 10.1. The van der Waals surface area contributed by atoms with Crippen LogP contribution in [0.1, 0.15) is 0 Å². The summed E-state index contributed by atoms with van der Waals surface area (Å²) in [4.78, 5) is -1.52.